The van der Waals surface area contributed by atoms with E-state index in [9.17, 15) is 9.18 Å². The van der Waals surface area contributed by atoms with Crippen molar-refractivity contribution in [3.63, 3.8) is 0 Å². The molecule has 0 aliphatic carbocycles. The Hall–Kier alpha value is -2.74. The van der Waals surface area contributed by atoms with Gasteiger partial charge in [-0.25, -0.2) is 14.4 Å². The van der Waals surface area contributed by atoms with E-state index in [0.29, 0.717) is 44.1 Å². The van der Waals surface area contributed by atoms with Gasteiger partial charge in [0, 0.05) is 39.3 Å². The highest BCUT2D eigenvalue weighted by molar-refractivity contribution is 5.92. The second-order valence-electron chi connectivity index (χ2n) is 7.03. The Labute approximate surface area is 163 Å². The Morgan fingerprint density at radius 1 is 1.14 bits per heavy atom. The first-order chi connectivity index (χ1) is 13.7. The molecule has 0 spiro atoms. The number of para-hydroxylation sites is 1. The maximum Gasteiger partial charge on any atom is 0.271 e. The van der Waals surface area contributed by atoms with Crippen LogP contribution in [0.25, 0.3) is 0 Å². The van der Waals surface area contributed by atoms with E-state index in [1.807, 2.05) is 11.0 Å². The number of nitrogens with one attached hydrogen (secondary N) is 1. The molecule has 1 unspecified atom stereocenters. The first kappa shape index (κ1) is 18.6. The number of amides is 1. The number of aromatic nitrogens is 2. The minimum atomic E-state index is -0.237. The Morgan fingerprint density at radius 3 is 2.61 bits per heavy atom. The van der Waals surface area contributed by atoms with Crippen molar-refractivity contribution in [1.82, 2.24) is 15.3 Å². The summed E-state index contributed by atoms with van der Waals surface area (Å²) in [6.07, 6.45) is 5.24. The Bertz CT molecular complexity index is 802. The van der Waals surface area contributed by atoms with Crippen LogP contribution in [0.4, 0.5) is 15.9 Å². The van der Waals surface area contributed by atoms with Gasteiger partial charge in [-0.05, 0) is 25.0 Å². The zero-order chi connectivity index (χ0) is 19.3. The molecule has 2 aromatic rings. The summed E-state index contributed by atoms with van der Waals surface area (Å²) in [6.45, 7) is 4.10. The molecule has 7 nitrogen and oxygen atoms in total. The third-order valence-electron chi connectivity index (χ3n) is 5.18. The van der Waals surface area contributed by atoms with Gasteiger partial charge in [0.15, 0.2) is 0 Å². The molecule has 2 aliphatic rings. The summed E-state index contributed by atoms with van der Waals surface area (Å²) in [5.41, 5.74) is 0.929. The van der Waals surface area contributed by atoms with Crippen molar-refractivity contribution in [2.45, 2.75) is 18.9 Å². The van der Waals surface area contributed by atoms with E-state index in [4.69, 9.17) is 4.74 Å². The largest absolute Gasteiger partial charge is 0.376 e. The molecule has 2 aliphatic heterocycles. The second-order valence-corrected chi connectivity index (χ2v) is 7.03. The average Bonchev–Trinajstić information content (AvgIpc) is 3.26. The molecule has 0 bridgehead atoms. The van der Waals surface area contributed by atoms with Gasteiger partial charge in [0.2, 0.25) is 0 Å². The highest BCUT2D eigenvalue weighted by Gasteiger charge is 2.21. The summed E-state index contributed by atoms with van der Waals surface area (Å²) in [5.74, 6) is 0.289. The molecule has 2 saturated heterocycles. The molecule has 0 radical (unpaired) electrons. The lowest BCUT2D eigenvalue weighted by Crippen LogP contribution is -2.47. The minimum absolute atomic E-state index is 0.0990. The van der Waals surface area contributed by atoms with Crippen molar-refractivity contribution in [3.8, 4) is 0 Å². The zero-order valence-corrected chi connectivity index (χ0v) is 15.7. The third-order valence-corrected chi connectivity index (χ3v) is 5.18. The first-order valence-corrected chi connectivity index (χ1v) is 9.67. The number of rotatable bonds is 5. The SMILES string of the molecule is O=C(NCC1CCCO1)c1cnc(N2CCN(c3ccccc3F)CC2)cn1. The normalized spacial score (nSPS) is 19.7. The molecule has 148 valence electrons. The topological polar surface area (TPSA) is 70.6 Å². The van der Waals surface area contributed by atoms with E-state index < -0.39 is 0 Å². The van der Waals surface area contributed by atoms with Crippen LogP contribution >= 0.6 is 0 Å². The van der Waals surface area contributed by atoms with Crippen LogP contribution < -0.4 is 15.1 Å². The van der Waals surface area contributed by atoms with Crippen molar-refractivity contribution in [2.24, 2.45) is 0 Å². The van der Waals surface area contributed by atoms with Gasteiger partial charge in [-0.15, -0.1) is 0 Å². The Kier molecular flexibility index (Phi) is 5.66. The molecule has 0 saturated carbocycles. The van der Waals surface area contributed by atoms with Gasteiger partial charge in [0.1, 0.15) is 17.3 Å². The van der Waals surface area contributed by atoms with Crippen molar-refractivity contribution >= 4 is 17.4 Å². The van der Waals surface area contributed by atoms with Gasteiger partial charge < -0.3 is 19.9 Å². The van der Waals surface area contributed by atoms with Crippen LogP contribution in [0.3, 0.4) is 0 Å². The molecule has 2 fully saturated rings. The van der Waals surface area contributed by atoms with Gasteiger partial charge in [0.05, 0.1) is 24.2 Å². The molecule has 3 heterocycles. The maximum absolute atomic E-state index is 14.0. The van der Waals surface area contributed by atoms with Gasteiger partial charge in [-0.3, -0.25) is 4.79 Å². The molecule has 1 amide bonds. The van der Waals surface area contributed by atoms with E-state index in [0.717, 1.165) is 25.3 Å². The maximum atomic E-state index is 14.0. The van der Waals surface area contributed by atoms with Crippen molar-refractivity contribution < 1.29 is 13.9 Å². The zero-order valence-electron chi connectivity index (χ0n) is 15.7. The number of nitrogens with zero attached hydrogens (tertiary/aromatic N) is 4. The molecule has 1 N–H and O–H groups in total. The lowest BCUT2D eigenvalue weighted by Gasteiger charge is -2.36. The highest BCUT2D eigenvalue weighted by Crippen LogP contribution is 2.21. The minimum Gasteiger partial charge on any atom is -0.376 e. The highest BCUT2D eigenvalue weighted by atomic mass is 19.1. The molecule has 1 aromatic carbocycles. The van der Waals surface area contributed by atoms with Crippen LogP contribution in [0, 0.1) is 5.82 Å². The summed E-state index contributed by atoms with van der Waals surface area (Å²) in [7, 11) is 0. The molecule has 8 heteroatoms. The van der Waals surface area contributed by atoms with Crippen LogP contribution in [0.15, 0.2) is 36.7 Å². The summed E-state index contributed by atoms with van der Waals surface area (Å²) in [4.78, 5) is 25.0. The Morgan fingerprint density at radius 2 is 1.93 bits per heavy atom. The fourth-order valence-electron chi connectivity index (χ4n) is 3.59. The van der Waals surface area contributed by atoms with E-state index >= 15 is 0 Å². The van der Waals surface area contributed by atoms with Crippen LogP contribution in [0.1, 0.15) is 23.3 Å². The number of carbonyl (C=O) groups excluding carboxylic acids is 1. The number of carbonyl (C=O) groups is 1. The predicted molar refractivity (Wildman–Crippen MR) is 104 cm³/mol. The third kappa shape index (κ3) is 4.22. The predicted octanol–water partition coefficient (Wildman–Crippen LogP) is 1.85. The van der Waals surface area contributed by atoms with Crippen LogP contribution in [0.2, 0.25) is 0 Å². The van der Waals surface area contributed by atoms with Gasteiger partial charge in [-0.2, -0.15) is 0 Å². The monoisotopic (exact) mass is 385 g/mol. The van der Waals surface area contributed by atoms with Crippen molar-refractivity contribution in [2.75, 3.05) is 49.1 Å². The molecule has 1 atom stereocenters. The number of ether oxygens (including phenoxy) is 1. The number of benzene rings is 1. The van der Waals surface area contributed by atoms with Crippen LogP contribution in [0.5, 0.6) is 0 Å². The van der Waals surface area contributed by atoms with Crippen LogP contribution in [-0.4, -0.2) is 61.3 Å². The number of hydrogen-bond donors (Lipinski definition) is 1. The van der Waals surface area contributed by atoms with E-state index in [1.54, 1.807) is 18.3 Å². The molecular formula is C20H24FN5O2. The van der Waals surface area contributed by atoms with Gasteiger partial charge in [-0.1, -0.05) is 12.1 Å². The van der Waals surface area contributed by atoms with Gasteiger partial charge >= 0.3 is 0 Å². The molecule has 1 aromatic heterocycles. The molecule has 28 heavy (non-hydrogen) atoms. The lowest BCUT2D eigenvalue weighted by atomic mass is 10.2. The summed E-state index contributed by atoms with van der Waals surface area (Å²) in [6, 6.07) is 6.83. The standard InChI is InChI=1S/C20H24FN5O2/c21-16-5-1-2-6-18(16)25-7-9-26(10-8-25)19-14-22-17(13-23-19)20(27)24-12-15-4-3-11-28-15/h1-2,5-6,13-15H,3-4,7-12H2,(H,24,27). The fraction of sp³-hybridized carbons (Fsp3) is 0.450. The van der Waals surface area contributed by atoms with Crippen molar-refractivity contribution in [3.05, 3.63) is 48.2 Å². The number of anilines is 2. The number of piperazine rings is 1. The number of hydrogen-bond acceptors (Lipinski definition) is 6. The van der Waals surface area contributed by atoms with Crippen LogP contribution in [-0.2, 0) is 4.74 Å². The van der Waals surface area contributed by atoms with E-state index in [2.05, 4.69) is 20.2 Å². The van der Waals surface area contributed by atoms with Crippen molar-refractivity contribution in [1.29, 1.82) is 0 Å². The first-order valence-electron chi connectivity index (χ1n) is 9.67. The average molecular weight is 385 g/mol. The quantitative estimate of drug-likeness (QED) is 0.847. The van der Waals surface area contributed by atoms with E-state index in [1.165, 1.54) is 12.3 Å². The molecule has 4 rings (SSSR count). The fourth-order valence-corrected chi connectivity index (χ4v) is 3.59. The summed E-state index contributed by atoms with van der Waals surface area (Å²) < 4.78 is 19.5. The number of halogens is 1. The van der Waals surface area contributed by atoms with E-state index in [-0.39, 0.29) is 17.8 Å². The smallest absolute Gasteiger partial charge is 0.271 e. The lowest BCUT2D eigenvalue weighted by molar-refractivity contribution is 0.0853. The Balaban J connectivity index is 1.31. The summed E-state index contributed by atoms with van der Waals surface area (Å²) in [5, 5.41) is 2.85. The summed E-state index contributed by atoms with van der Waals surface area (Å²) >= 11 is 0. The second kappa shape index (κ2) is 8.52. The van der Waals surface area contributed by atoms with Gasteiger partial charge in [0.25, 0.3) is 5.91 Å². The molecular weight excluding hydrogens is 361 g/mol.